The molecular formula is C31H45F3O5. The summed E-state index contributed by atoms with van der Waals surface area (Å²) in [6.45, 7) is 3.90. The number of ether oxygens (including phenoxy) is 3. The van der Waals surface area contributed by atoms with Gasteiger partial charge >= 0.3 is 11.9 Å². The van der Waals surface area contributed by atoms with Crippen LogP contribution >= 0.6 is 0 Å². The van der Waals surface area contributed by atoms with Crippen molar-refractivity contribution in [3.05, 3.63) is 29.1 Å². The van der Waals surface area contributed by atoms with Gasteiger partial charge in [-0.1, -0.05) is 51.7 Å². The largest absolute Gasteiger partial charge is 0.493 e. The predicted molar refractivity (Wildman–Crippen MR) is 144 cm³/mol. The molecule has 2 fully saturated rings. The fourth-order valence-corrected chi connectivity index (χ4v) is 5.89. The number of carbonyl (C=O) groups is 2. The van der Waals surface area contributed by atoms with Gasteiger partial charge in [0, 0.05) is 5.56 Å². The van der Waals surface area contributed by atoms with E-state index in [9.17, 15) is 18.4 Å². The summed E-state index contributed by atoms with van der Waals surface area (Å²) in [6, 6.07) is 3.77. The lowest BCUT2D eigenvalue weighted by Gasteiger charge is -2.31. The smallest absolute Gasteiger partial charge is 0.340 e. The lowest BCUT2D eigenvalue weighted by Crippen LogP contribution is -2.29. The molecule has 0 radical (unpaired) electrons. The van der Waals surface area contributed by atoms with Crippen LogP contribution in [-0.4, -0.2) is 43.6 Å². The van der Waals surface area contributed by atoms with Crippen LogP contribution in [0, 0.1) is 5.82 Å². The standard InChI is InChI=1S/C31H45F3O5/c1-4-6-8-26(32)30(35)38-22-14-10-20(11-15-22)24-18-19-25(29(37-3)28(24)34)21-12-16-23(17-13-21)39-31(36)27(33)9-7-5-2/h18-23,26-27H,4-17H2,1-3H3. The van der Waals surface area contributed by atoms with E-state index in [1.54, 1.807) is 0 Å². The average Bonchev–Trinajstić information content (AvgIpc) is 2.95. The Morgan fingerprint density at radius 2 is 1.18 bits per heavy atom. The molecular weight excluding hydrogens is 509 g/mol. The summed E-state index contributed by atoms with van der Waals surface area (Å²) >= 11 is 0. The van der Waals surface area contributed by atoms with Crippen molar-refractivity contribution in [2.45, 2.75) is 140 Å². The normalized spacial score (nSPS) is 25.0. The summed E-state index contributed by atoms with van der Waals surface area (Å²) in [5.74, 6) is -1.62. The summed E-state index contributed by atoms with van der Waals surface area (Å²) in [5, 5.41) is 0. The maximum atomic E-state index is 15.7. The van der Waals surface area contributed by atoms with E-state index in [4.69, 9.17) is 14.2 Å². The minimum atomic E-state index is -1.58. The average molecular weight is 555 g/mol. The van der Waals surface area contributed by atoms with Gasteiger partial charge in [-0.3, -0.25) is 0 Å². The number of hydrogen-bond acceptors (Lipinski definition) is 5. The summed E-state index contributed by atoms with van der Waals surface area (Å²) in [6.07, 6.45) is 4.56. The minimum absolute atomic E-state index is 0.0272. The van der Waals surface area contributed by atoms with Gasteiger partial charge in [0.25, 0.3) is 0 Å². The van der Waals surface area contributed by atoms with E-state index in [1.165, 1.54) is 7.11 Å². The summed E-state index contributed by atoms with van der Waals surface area (Å²) < 4.78 is 60.0. The van der Waals surface area contributed by atoms with Crippen molar-refractivity contribution in [3.63, 3.8) is 0 Å². The quantitative estimate of drug-likeness (QED) is 0.231. The molecule has 2 aliphatic rings. The number of methoxy groups -OCH3 is 1. The highest BCUT2D eigenvalue weighted by Crippen LogP contribution is 2.43. The third kappa shape index (κ3) is 8.62. The van der Waals surface area contributed by atoms with Gasteiger partial charge < -0.3 is 14.2 Å². The van der Waals surface area contributed by atoms with Crippen LogP contribution in [0.5, 0.6) is 5.75 Å². The van der Waals surface area contributed by atoms with Crippen LogP contribution in [0.4, 0.5) is 13.2 Å². The molecule has 0 bridgehead atoms. The Morgan fingerprint density at radius 1 is 0.769 bits per heavy atom. The lowest BCUT2D eigenvalue weighted by molar-refractivity contribution is -0.157. The van der Waals surface area contributed by atoms with E-state index >= 15 is 4.39 Å². The molecule has 2 unspecified atom stereocenters. The Labute approximate surface area is 231 Å². The maximum absolute atomic E-state index is 15.7. The predicted octanol–water partition coefficient (Wildman–Crippen LogP) is 8.03. The first-order valence-electron chi connectivity index (χ1n) is 14.8. The number of benzene rings is 1. The van der Waals surface area contributed by atoms with Crippen molar-refractivity contribution in [1.82, 2.24) is 0 Å². The fourth-order valence-electron chi connectivity index (χ4n) is 5.89. The van der Waals surface area contributed by atoms with Gasteiger partial charge in [-0.05, 0) is 81.6 Å². The Kier molecular flexibility index (Phi) is 12.4. The van der Waals surface area contributed by atoms with E-state index in [2.05, 4.69) is 0 Å². The topological polar surface area (TPSA) is 61.8 Å². The lowest BCUT2D eigenvalue weighted by atomic mass is 9.79. The van der Waals surface area contributed by atoms with Crippen molar-refractivity contribution < 1.29 is 37.0 Å². The highest BCUT2D eigenvalue weighted by Gasteiger charge is 2.33. The molecule has 0 spiro atoms. The van der Waals surface area contributed by atoms with Crippen LogP contribution in [-0.2, 0) is 19.1 Å². The van der Waals surface area contributed by atoms with Crippen LogP contribution in [0.1, 0.15) is 127 Å². The fraction of sp³-hybridized carbons (Fsp3) is 0.742. The second-order valence-electron chi connectivity index (χ2n) is 11.1. The highest BCUT2D eigenvalue weighted by atomic mass is 19.1. The Morgan fingerprint density at radius 3 is 1.59 bits per heavy atom. The van der Waals surface area contributed by atoms with Crippen LogP contribution < -0.4 is 4.74 Å². The minimum Gasteiger partial charge on any atom is -0.493 e. The first-order chi connectivity index (χ1) is 18.8. The SMILES string of the molecule is CCCCC(F)C(=O)OC1CCC(c2ccc(C3CCC(OC(=O)C(F)CCCC)CC3)c(OC)c2F)CC1. The van der Waals surface area contributed by atoms with E-state index < -0.39 is 24.3 Å². The number of unbranched alkanes of at least 4 members (excludes halogenated alkanes) is 2. The molecule has 2 atom stereocenters. The molecule has 0 saturated heterocycles. The zero-order chi connectivity index (χ0) is 28.4. The van der Waals surface area contributed by atoms with Crippen LogP contribution in [0.2, 0.25) is 0 Å². The molecule has 1 aromatic rings. The van der Waals surface area contributed by atoms with Crippen molar-refractivity contribution in [2.24, 2.45) is 0 Å². The number of alkyl halides is 2. The van der Waals surface area contributed by atoms with E-state index in [1.807, 2.05) is 26.0 Å². The van der Waals surface area contributed by atoms with Crippen molar-refractivity contribution in [1.29, 1.82) is 0 Å². The van der Waals surface area contributed by atoms with Gasteiger partial charge in [0.15, 0.2) is 23.9 Å². The van der Waals surface area contributed by atoms with Crippen LogP contribution in [0.3, 0.4) is 0 Å². The number of esters is 2. The van der Waals surface area contributed by atoms with Crippen LogP contribution in [0.25, 0.3) is 0 Å². The summed E-state index contributed by atoms with van der Waals surface area (Å²) in [5.41, 5.74) is 1.40. The zero-order valence-corrected chi connectivity index (χ0v) is 23.7. The zero-order valence-electron chi connectivity index (χ0n) is 23.7. The summed E-state index contributed by atoms with van der Waals surface area (Å²) in [4.78, 5) is 24.1. The first kappa shape index (κ1) is 31.3. The summed E-state index contributed by atoms with van der Waals surface area (Å²) in [7, 11) is 1.47. The van der Waals surface area contributed by atoms with Crippen molar-refractivity contribution in [3.8, 4) is 5.75 Å². The molecule has 2 aliphatic carbocycles. The Balaban J connectivity index is 1.54. The van der Waals surface area contributed by atoms with Gasteiger partial charge in [-0.15, -0.1) is 0 Å². The van der Waals surface area contributed by atoms with Gasteiger partial charge in [0.1, 0.15) is 12.2 Å². The third-order valence-corrected chi connectivity index (χ3v) is 8.29. The van der Waals surface area contributed by atoms with E-state index in [0.717, 1.165) is 18.4 Å². The van der Waals surface area contributed by atoms with E-state index in [0.29, 0.717) is 69.8 Å². The first-order valence-corrected chi connectivity index (χ1v) is 14.8. The molecule has 8 heteroatoms. The molecule has 220 valence electrons. The molecule has 0 aliphatic heterocycles. The second-order valence-corrected chi connectivity index (χ2v) is 11.1. The number of halogens is 3. The second kappa shape index (κ2) is 15.5. The van der Waals surface area contributed by atoms with Crippen molar-refractivity contribution >= 4 is 11.9 Å². The Bertz CT molecular complexity index is 923. The molecule has 5 nitrogen and oxygen atoms in total. The molecule has 1 aromatic carbocycles. The molecule has 0 heterocycles. The molecule has 3 rings (SSSR count). The number of hydrogen-bond donors (Lipinski definition) is 0. The van der Waals surface area contributed by atoms with Gasteiger partial charge in [-0.2, -0.15) is 0 Å². The molecule has 0 amide bonds. The van der Waals surface area contributed by atoms with E-state index in [-0.39, 0.29) is 48.5 Å². The molecule has 0 aromatic heterocycles. The molecule has 39 heavy (non-hydrogen) atoms. The molecule has 2 saturated carbocycles. The monoisotopic (exact) mass is 554 g/mol. The number of rotatable bonds is 13. The van der Waals surface area contributed by atoms with Gasteiger partial charge in [-0.25, -0.2) is 22.8 Å². The van der Waals surface area contributed by atoms with Crippen molar-refractivity contribution in [2.75, 3.05) is 7.11 Å². The van der Waals surface area contributed by atoms with Gasteiger partial charge in [0.2, 0.25) is 0 Å². The third-order valence-electron chi connectivity index (χ3n) is 8.29. The molecule has 0 N–H and O–H groups in total. The Hall–Kier alpha value is -2.25. The maximum Gasteiger partial charge on any atom is 0.340 e. The number of carbonyl (C=O) groups excluding carboxylic acids is 2. The highest BCUT2D eigenvalue weighted by molar-refractivity contribution is 5.75. The van der Waals surface area contributed by atoms with Crippen LogP contribution in [0.15, 0.2) is 12.1 Å². The van der Waals surface area contributed by atoms with Gasteiger partial charge in [0.05, 0.1) is 7.11 Å².